The van der Waals surface area contributed by atoms with Crippen molar-refractivity contribution >= 4 is 17.5 Å². The predicted octanol–water partition coefficient (Wildman–Crippen LogP) is 3.93. The molecule has 2 aromatic rings. The zero-order valence-corrected chi connectivity index (χ0v) is 17.0. The summed E-state index contributed by atoms with van der Waals surface area (Å²) in [6.45, 7) is 7.03. The predicted molar refractivity (Wildman–Crippen MR) is 108 cm³/mol. The van der Waals surface area contributed by atoms with Crippen molar-refractivity contribution in [2.24, 2.45) is 0 Å². The van der Waals surface area contributed by atoms with Crippen LogP contribution in [0.2, 0.25) is 5.02 Å². The maximum atomic E-state index is 12.0. The molecule has 0 atom stereocenters. The van der Waals surface area contributed by atoms with Gasteiger partial charge in [0.15, 0.2) is 6.61 Å². The third kappa shape index (κ3) is 7.49. The molecule has 0 aliphatic rings. The number of benzene rings is 2. The molecule has 6 heteroatoms. The van der Waals surface area contributed by atoms with Crippen LogP contribution in [0.1, 0.15) is 31.9 Å². The van der Waals surface area contributed by atoms with Crippen molar-refractivity contribution in [3.05, 3.63) is 58.6 Å². The van der Waals surface area contributed by atoms with Gasteiger partial charge in [-0.3, -0.25) is 4.79 Å². The summed E-state index contributed by atoms with van der Waals surface area (Å²) < 4.78 is 10.9. The first-order chi connectivity index (χ1) is 12.8. The fraction of sp³-hybridized carbons (Fsp3) is 0.381. The van der Waals surface area contributed by atoms with Crippen LogP contribution in [0.5, 0.6) is 11.5 Å². The molecule has 0 aliphatic carbocycles. The van der Waals surface area contributed by atoms with E-state index in [4.69, 9.17) is 21.1 Å². The van der Waals surface area contributed by atoms with Crippen LogP contribution in [0.15, 0.2) is 42.5 Å². The van der Waals surface area contributed by atoms with Crippen LogP contribution in [-0.2, 0) is 17.9 Å². The molecule has 2 rings (SSSR count). The lowest BCUT2D eigenvalue weighted by molar-refractivity contribution is -0.124. The quantitative estimate of drug-likeness (QED) is 0.717. The molecule has 0 aromatic heterocycles. The number of ether oxygens (including phenoxy) is 2. The summed E-state index contributed by atoms with van der Waals surface area (Å²) in [6.07, 6.45) is 0. The van der Waals surface area contributed by atoms with Gasteiger partial charge in [0.1, 0.15) is 11.5 Å². The van der Waals surface area contributed by atoms with Crippen LogP contribution >= 0.6 is 11.6 Å². The highest BCUT2D eigenvalue weighted by Crippen LogP contribution is 2.23. The van der Waals surface area contributed by atoms with E-state index in [-0.39, 0.29) is 18.1 Å². The maximum absolute atomic E-state index is 12.0. The van der Waals surface area contributed by atoms with Crippen molar-refractivity contribution in [2.45, 2.75) is 39.4 Å². The lowest BCUT2D eigenvalue weighted by Gasteiger charge is -2.21. The molecule has 0 saturated heterocycles. The van der Waals surface area contributed by atoms with E-state index in [1.807, 2.05) is 51.1 Å². The van der Waals surface area contributed by atoms with E-state index in [1.54, 1.807) is 19.2 Å². The van der Waals surface area contributed by atoms with Crippen molar-refractivity contribution in [2.75, 3.05) is 13.7 Å². The van der Waals surface area contributed by atoms with Crippen molar-refractivity contribution in [3.8, 4) is 11.5 Å². The second-order valence-electron chi connectivity index (χ2n) is 7.29. The third-order valence-electron chi connectivity index (χ3n) is 3.70. The van der Waals surface area contributed by atoms with E-state index < -0.39 is 0 Å². The Morgan fingerprint density at radius 1 is 1.07 bits per heavy atom. The summed E-state index contributed by atoms with van der Waals surface area (Å²) >= 11 is 6.12. The summed E-state index contributed by atoms with van der Waals surface area (Å²) in [7, 11) is 1.65. The fourth-order valence-electron chi connectivity index (χ4n) is 2.51. The Bertz CT molecular complexity index is 755. The largest absolute Gasteiger partial charge is 0.497 e. The van der Waals surface area contributed by atoms with Gasteiger partial charge in [-0.2, -0.15) is 0 Å². The number of carbonyl (C=O) groups excluding carboxylic acids is 1. The second-order valence-corrected chi connectivity index (χ2v) is 7.73. The van der Waals surface area contributed by atoms with Crippen LogP contribution in [0.25, 0.3) is 0 Å². The SMILES string of the molecule is COc1ccc(CNCc2cc(Cl)ccc2OCC(=O)NC(C)(C)C)cc1. The monoisotopic (exact) mass is 390 g/mol. The van der Waals surface area contributed by atoms with Crippen molar-refractivity contribution < 1.29 is 14.3 Å². The van der Waals surface area contributed by atoms with Crippen LogP contribution in [-0.4, -0.2) is 25.2 Å². The lowest BCUT2D eigenvalue weighted by Crippen LogP contribution is -2.43. The molecular weight excluding hydrogens is 364 g/mol. The number of halogens is 1. The van der Waals surface area contributed by atoms with Gasteiger partial charge in [0.05, 0.1) is 7.11 Å². The van der Waals surface area contributed by atoms with E-state index in [1.165, 1.54) is 0 Å². The van der Waals surface area contributed by atoms with Gasteiger partial charge in [-0.05, 0) is 56.7 Å². The first-order valence-electron chi connectivity index (χ1n) is 8.83. The van der Waals surface area contributed by atoms with Gasteiger partial charge in [-0.25, -0.2) is 0 Å². The number of hydrogen-bond donors (Lipinski definition) is 2. The zero-order valence-electron chi connectivity index (χ0n) is 16.3. The summed E-state index contributed by atoms with van der Waals surface area (Å²) in [6, 6.07) is 13.3. The number of methoxy groups -OCH3 is 1. The topological polar surface area (TPSA) is 59.6 Å². The maximum Gasteiger partial charge on any atom is 0.258 e. The molecule has 0 aliphatic heterocycles. The molecule has 2 aromatic carbocycles. The fourth-order valence-corrected chi connectivity index (χ4v) is 2.70. The Labute approximate surface area is 166 Å². The number of amides is 1. The smallest absolute Gasteiger partial charge is 0.258 e. The Hall–Kier alpha value is -2.24. The average Bonchev–Trinajstić information content (AvgIpc) is 2.60. The molecule has 0 unspecified atom stereocenters. The molecule has 0 heterocycles. The molecule has 2 N–H and O–H groups in total. The summed E-state index contributed by atoms with van der Waals surface area (Å²) in [5, 5.41) is 6.87. The average molecular weight is 391 g/mol. The van der Waals surface area contributed by atoms with Crippen molar-refractivity contribution in [1.29, 1.82) is 0 Å². The molecule has 0 spiro atoms. The lowest BCUT2D eigenvalue weighted by atomic mass is 10.1. The standard InChI is InChI=1S/C21H27ClN2O3/c1-21(2,3)24-20(25)14-27-19-10-7-17(22)11-16(19)13-23-12-15-5-8-18(26-4)9-6-15/h5-11,23H,12-14H2,1-4H3,(H,24,25). The molecule has 146 valence electrons. The van der Waals surface area contributed by atoms with Gasteiger partial charge < -0.3 is 20.1 Å². The number of carbonyl (C=O) groups is 1. The van der Waals surface area contributed by atoms with Crippen LogP contribution in [0.4, 0.5) is 0 Å². The summed E-state index contributed by atoms with van der Waals surface area (Å²) in [5.41, 5.74) is 1.76. The number of rotatable bonds is 8. The number of nitrogens with one attached hydrogen (secondary N) is 2. The van der Waals surface area contributed by atoms with Gasteiger partial charge in [0.25, 0.3) is 5.91 Å². The van der Waals surface area contributed by atoms with Crippen molar-refractivity contribution in [3.63, 3.8) is 0 Å². The minimum absolute atomic E-state index is 0.0373. The molecule has 0 bridgehead atoms. The van der Waals surface area contributed by atoms with Gasteiger partial charge in [0, 0.05) is 29.2 Å². The first-order valence-corrected chi connectivity index (χ1v) is 9.20. The molecule has 27 heavy (non-hydrogen) atoms. The molecule has 0 saturated carbocycles. The van der Waals surface area contributed by atoms with Crippen molar-refractivity contribution in [1.82, 2.24) is 10.6 Å². The Morgan fingerprint density at radius 2 is 1.78 bits per heavy atom. The molecular formula is C21H27ClN2O3. The van der Waals surface area contributed by atoms with Gasteiger partial charge in [-0.15, -0.1) is 0 Å². The summed E-state index contributed by atoms with van der Waals surface area (Å²) in [4.78, 5) is 12.0. The molecule has 0 radical (unpaired) electrons. The van der Waals surface area contributed by atoms with Crippen LogP contribution < -0.4 is 20.1 Å². The number of hydrogen-bond acceptors (Lipinski definition) is 4. The zero-order chi connectivity index (χ0) is 19.9. The minimum Gasteiger partial charge on any atom is -0.497 e. The molecule has 0 fully saturated rings. The highest BCUT2D eigenvalue weighted by atomic mass is 35.5. The molecule has 1 amide bonds. The highest BCUT2D eigenvalue weighted by Gasteiger charge is 2.14. The minimum atomic E-state index is -0.289. The van der Waals surface area contributed by atoms with Crippen LogP contribution in [0.3, 0.4) is 0 Å². The van der Waals surface area contributed by atoms with Crippen LogP contribution in [0, 0.1) is 0 Å². The highest BCUT2D eigenvalue weighted by molar-refractivity contribution is 6.30. The summed E-state index contributed by atoms with van der Waals surface area (Å²) in [5.74, 6) is 1.32. The third-order valence-corrected chi connectivity index (χ3v) is 3.93. The van der Waals surface area contributed by atoms with Gasteiger partial charge in [-0.1, -0.05) is 23.7 Å². The first kappa shape index (κ1) is 21.1. The Kier molecular flexibility index (Phi) is 7.51. The Balaban J connectivity index is 1.93. The van der Waals surface area contributed by atoms with E-state index in [0.717, 1.165) is 16.9 Å². The van der Waals surface area contributed by atoms with E-state index in [0.29, 0.717) is 23.9 Å². The van der Waals surface area contributed by atoms with Gasteiger partial charge in [0.2, 0.25) is 0 Å². The Morgan fingerprint density at radius 3 is 2.41 bits per heavy atom. The second kappa shape index (κ2) is 9.62. The normalized spacial score (nSPS) is 11.1. The van der Waals surface area contributed by atoms with E-state index >= 15 is 0 Å². The van der Waals surface area contributed by atoms with E-state index in [2.05, 4.69) is 10.6 Å². The molecule has 5 nitrogen and oxygen atoms in total. The van der Waals surface area contributed by atoms with E-state index in [9.17, 15) is 4.79 Å². The van der Waals surface area contributed by atoms with Gasteiger partial charge >= 0.3 is 0 Å².